The quantitative estimate of drug-likeness (QED) is 0.736. The van der Waals surface area contributed by atoms with Crippen LogP contribution in [0.3, 0.4) is 0 Å². The molecule has 0 spiro atoms. The van der Waals surface area contributed by atoms with E-state index in [0.717, 1.165) is 35.8 Å². The number of nitrogens with one attached hydrogen (secondary N) is 1. The third kappa shape index (κ3) is 5.92. The van der Waals surface area contributed by atoms with Crippen molar-refractivity contribution in [3.63, 3.8) is 0 Å². The lowest BCUT2D eigenvalue weighted by atomic mass is 9.79. The standard InChI is InChI=1S/C17H27BrFN/c1-6-9-17(5,12-20-16(2,3)4)11-13-10-14(19)7-8-15(13)18/h7-8,10,20H,6,9,11-12H2,1-5H3. The van der Waals surface area contributed by atoms with Crippen molar-refractivity contribution >= 4 is 15.9 Å². The van der Waals surface area contributed by atoms with Gasteiger partial charge < -0.3 is 5.32 Å². The monoisotopic (exact) mass is 343 g/mol. The first-order valence-corrected chi connectivity index (χ1v) is 8.13. The number of hydrogen-bond donors (Lipinski definition) is 1. The van der Waals surface area contributed by atoms with Crippen molar-refractivity contribution in [2.24, 2.45) is 5.41 Å². The molecule has 0 aromatic heterocycles. The lowest BCUT2D eigenvalue weighted by Gasteiger charge is -2.34. The molecule has 0 saturated carbocycles. The number of rotatable bonds is 6. The summed E-state index contributed by atoms with van der Waals surface area (Å²) < 4.78 is 14.4. The van der Waals surface area contributed by atoms with Gasteiger partial charge in [-0.25, -0.2) is 4.39 Å². The van der Waals surface area contributed by atoms with E-state index in [4.69, 9.17) is 0 Å². The van der Waals surface area contributed by atoms with Crippen molar-refractivity contribution in [1.82, 2.24) is 5.32 Å². The molecule has 1 aromatic carbocycles. The molecular formula is C17H27BrFN. The van der Waals surface area contributed by atoms with Crippen LogP contribution in [-0.4, -0.2) is 12.1 Å². The predicted octanol–water partition coefficient (Wildman–Crippen LogP) is 5.33. The molecule has 0 fully saturated rings. The van der Waals surface area contributed by atoms with Crippen molar-refractivity contribution in [2.45, 2.75) is 59.4 Å². The fourth-order valence-electron chi connectivity index (χ4n) is 2.46. The van der Waals surface area contributed by atoms with Gasteiger partial charge in [-0.2, -0.15) is 0 Å². The van der Waals surface area contributed by atoms with Crippen LogP contribution in [0.15, 0.2) is 22.7 Å². The average Bonchev–Trinajstić information content (AvgIpc) is 2.31. The number of hydrogen-bond acceptors (Lipinski definition) is 1. The molecule has 1 N–H and O–H groups in total. The molecule has 0 aliphatic carbocycles. The molecule has 1 aromatic rings. The van der Waals surface area contributed by atoms with E-state index in [0.29, 0.717) is 0 Å². The van der Waals surface area contributed by atoms with Gasteiger partial charge in [-0.15, -0.1) is 0 Å². The predicted molar refractivity (Wildman–Crippen MR) is 88.6 cm³/mol. The van der Waals surface area contributed by atoms with Crippen LogP contribution in [0.5, 0.6) is 0 Å². The van der Waals surface area contributed by atoms with Crippen molar-refractivity contribution in [2.75, 3.05) is 6.54 Å². The normalized spacial score (nSPS) is 15.2. The summed E-state index contributed by atoms with van der Waals surface area (Å²) in [5.74, 6) is -0.161. The lowest BCUT2D eigenvalue weighted by molar-refractivity contribution is 0.243. The molecule has 0 amide bonds. The molecule has 0 saturated heterocycles. The highest BCUT2D eigenvalue weighted by atomic mass is 79.9. The van der Waals surface area contributed by atoms with Gasteiger partial charge in [-0.3, -0.25) is 0 Å². The molecule has 20 heavy (non-hydrogen) atoms. The van der Waals surface area contributed by atoms with Gasteiger partial charge in [0.2, 0.25) is 0 Å². The summed E-state index contributed by atoms with van der Waals surface area (Å²) >= 11 is 3.54. The van der Waals surface area contributed by atoms with Gasteiger partial charge in [0.25, 0.3) is 0 Å². The summed E-state index contributed by atoms with van der Waals surface area (Å²) in [6.45, 7) is 12.0. The molecule has 1 nitrogen and oxygen atoms in total. The Labute approximate surface area is 131 Å². The minimum Gasteiger partial charge on any atom is -0.312 e. The number of benzene rings is 1. The molecule has 0 heterocycles. The van der Waals surface area contributed by atoms with Crippen LogP contribution in [0, 0.1) is 11.2 Å². The van der Waals surface area contributed by atoms with Crippen molar-refractivity contribution in [3.8, 4) is 0 Å². The Hall–Kier alpha value is -0.410. The van der Waals surface area contributed by atoms with E-state index < -0.39 is 0 Å². The van der Waals surface area contributed by atoms with Crippen LogP contribution in [0.25, 0.3) is 0 Å². The Morgan fingerprint density at radius 2 is 1.85 bits per heavy atom. The molecule has 0 aliphatic heterocycles. The van der Waals surface area contributed by atoms with Crippen LogP contribution < -0.4 is 5.32 Å². The second-order valence-corrected chi connectivity index (χ2v) is 7.93. The van der Waals surface area contributed by atoms with Crippen LogP contribution >= 0.6 is 15.9 Å². The Morgan fingerprint density at radius 3 is 2.40 bits per heavy atom. The summed E-state index contributed by atoms with van der Waals surface area (Å²) in [5, 5.41) is 3.59. The third-order valence-electron chi connectivity index (χ3n) is 3.52. The highest BCUT2D eigenvalue weighted by molar-refractivity contribution is 9.10. The van der Waals surface area contributed by atoms with Crippen LogP contribution in [0.2, 0.25) is 0 Å². The van der Waals surface area contributed by atoms with E-state index in [-0.39, 0.29) is 16.8 Å². The Kier molecular flexibility index (Phi) is 6.21. The van der Waals surface area contributed by atoms with Crippen molar-refractivity contribution in [1.29, 1.82) is 0 Å². The molecule has 1 atom stereocenters. The third-order valence-corrected chi connectivity index (χ3v) is 4.30. The van der Waals surface area contributed by atoms with Crippen LogP contribution in [0.1, 0.15) is 53.0 Å². The second kappa shape index (κ2) is 7.04. The fourth-order valence-corrected chi connectivity index (χ4v) is 2.85. The van der Waals surface area contributed by atoms with Crippen LogP contribution in [0.4, 0.5) is 4.39 Å². The highest BCUT2D eigenvalue weighted by Gasteiger charge is 2.26. The zero-order chi connectivity index (χ0) is 15.4. The maximum absolute atomic E-state index is 13.4. The Balaban J connectivity index is 2.87. The SMILES string of the molecule is CCCC(C)(CNC(C)(C)C)Cc1cc(F)ccc1Br. The minimum absolute atomic E-state index is 0.105. The highest BCUT2D eigenvalue weighted by Crippen LogP contribution is 2.31. The summed E-state index contributed by atoms with van der Waals surface area (Å²) in [4.78, 5) is 0. The summed E-state index contributed by atoms with van der Waals surface area (Å²) in [6, 6.07) is 4.95. The van der Waals surface area contributed by atoms with Crippen LogP contribution in [-0.2, 0) is 6.42 Å². The molecule has 0 radical (unpaired) electrons. The van der Waals surface area contributed by atoms with Gasteiger partial charge >= 0.3 is 0 Å². The van der Waals surface area contributed by atoms with Gasteiger partial charge in [0.05, 0.1) is 0 Å². The van der Waals surface area contributed by atoms with E-state index in [1.807, 2.05) is 0 Å². The zero-order valence-corrected chi connectivity index (χ0v) is 14.9. The lowest BCUT2D eigenvalue weighted by Crippen LogP contribution is -2.43. The zero-order valence-electron chi connectivity index (χ0n) is 13.3. The van der Waals surface area contributed by atoms with Gasteiger partial charge in [0, 0.05) is 16.6 Å². The first kappa shape index (κ1) is 17.6. The van der Waals surface area contributed by atoms with E-state index in [2.05, 4.69) is 55.9 Å². The molecular weight excluding hydrogens is 317 g/mol. The molecule has 1 unspecified atom stereocenters. The first-order chi connectivity index (χ1) is 9.15. The Bertz CT molecular complexity index is 439. The summed E-state index contributed by atoms with van der Waals surface area (Å²) in [5.41, 5.74) is 1.30. The number of halogens is 2. The van der Waals surface area contributed by atoms with E-state index in [1.165, 1.54) is 6.07 Å². The summed E-state index contributed by atoms with van der Waals surface area (Å²) in [6.07, 6.45) is 3.14. The largest absolute Gasteiger partial charge is 0.312 e. The summed E-state index contributed by atoms with van der Waals surface area (Å²) in [7, 11) is 0. The van der Waals surface area contributed by atoms with E-state index >= 15 is 0 Å². The van der Waals surface area contributed by atoms with Crippen molar-refractivity contribution in [3.05, 3.63) is 34.1 Å². The average molecular weight is 344 g/mol. The van der Waals surface area contributed by atoms with E-state index in [9.17, 15) is 4.39 Å². The van der Waals surface area contributed by atoms with E-state index in [1.54, 1.807) is 12.1 Å². The van der Waals surface area contributed by atoms with Gasteiger partial charge in [-0.05, 0) is 62.8 Å². The van der Waals surface area contributed by atoms with Crippen molar-refractivity contribution < 1.29 is 4.39 Å². The fraction of sp³-hybridized carbons (Fsp3) is 0.647. The Morgan fingerprint density at radius 1 is 1.20 bits per heavy atom. The molecule has 114 valence electrons. The first-order valence-electron chi connectivity index (χ1n) is 7.34. The van der Waals surface area contributed by atoms with Gasteiger partial charge in [0.1, 0.15) is 5.82 Å². The molecule has 0 aliphatic rings. The minimum atomic E-state index is -0.161. The molecule has 3 heteroatoms. The van der Waals surface area contributed by atoms with Gasteiger partial charge in [0.15, 0.2) is 0 Å². The second-order valence-electron chi connectivity index (χ2n) is 7.08. The molecule has 1 rings (SSSR count). The topological polar surface area (TPSA) is 12.0 Å². The smallest absolute Gasteiger partial charge is 0.123 e. The van der Waals surface area contributed by atoms with Gasteiger partial charge in [-0.1, -0.05) is 36.2 Å². The molecule has 0 bridgehead atoms. The maximum Gasteiger partial charge on any atom is 0.123 e. The maximum atomic E-state index is 13.4.